The number of ketones is 1. The van der Waals surface area contributed by atoms with Gasteiger partial charge in [0.15, 0.2) is 11.7 Å². The molecule has 1 heterocycles. The summed E-state index contributed by atoms with van der Waals surface area (Å²) in [6, 6.07) is 15.6. The molecule has 0 aromatic heterocycles. The number of anilines is 2. The molecule has 0 saturated heterocycles. The van der Waals surface area contributed by atoms with Gasteiger partial charge in [-0.1, -0.05) is 30.3 Å². The highest BCUT2D eigenvalue weighted by Gasteiger charge is 2.39. The van der Waals surface area contributed by atoms with E-state index in [2.05, 4.69) is 10.4 Å². The summed E-state index contributed by atoms with van der Waals surface area (Å²) in [7, 11) is 0. The van der Waals surface area contributed by atoms with Crippen LogP contribution >= 0.6 is 0 Å². The molecular weight excluding hydrogens is 318 g/mol. The van der Waals surface area contributed by atoms with Crippen molar-refractivity contribution in [1.29, 1.82) is 0 Å². The van der Waals surface area contributed by atoms with Crippen molar-refractivity contribution < 1.29 is 14.4 Å². The Balaban J connectivity index is 1.79. The molecule has 0 unspecified atom stereocenters. The second-order valence-corrected chi connectivity index (χ2v) is 5.79. The molecule has 126 valence electrons. The van der Waals surface area contributed by atoms with Gasteiger partial charge in [0.1, 0.15) is 0 Å². The van der Waals surface area contributed by atoms with Gasteiger partial charge in [0.25, 0.3) is 5.91 Å². The van der Waals surface area contributed by atoms with Crippen LogP contribution in [0.5, 0.6) is 0 Å². The van der Waals surface area contributed by atoms with Gasteiger partial charge in [-0.05, 0) is 38.1 Å². The van der Waals surface area contributed by atoms with Crippen LogP contribution in [0.15, 0.2) is 59.7 Å². The summed E-state index contributed by atoms with van der Waals surface area (Å²) in [6.45, 7) is 3.10. The summed E-state index contributed by atoms with van der Waals surface area (Å²) in [5.74, 6) is -1.95. The number of hydrogen-bond acceptors (Lipinski definition) is 4. The predicted octanol–water partition coefficient (Wildman–Crippen LogP) is 2.87. The van der Waals surface area contributed by atoms with E-state index in [4.69, 9.17) is 0 Å². The van der Waals surface area contributed by atoms with Crippen molar-refractivity contribution in [3.63, 3.8) is 0 Å². The Hall–Kier alpha value is -3.28. The monoisotopic (exact) mass is 335 g/mol. The Labute approximate surface area is 145 Å². The van der Waals surface area contributed by atoms with Crippen LogP contribution in [-0.2, 0) is 9.59 Å². The third-order valence-electron chi connectivity index (χ3n) is 3.93. The van der Waals surface area contributed by atoms with Crippen molar-refractivity contribution in [3.05, 3.63) is 60.2 Å². The first-order chi connectivity index (χ1) is 12.0. The average Bonchev–Trinajstić information content (AvgIpc) is 2.90. The first kappa shape index (κ1) is 16.6. The fourth-order valence-corrected chi connectivity index (χ4v) is 2.65. The van der Waals surface area contributed by atoms with Gasteiger partial charge in [0.2, 0.25) is 5.91 Å². The highest BCUT2D eigenvalue weighted by atomic mass is 16.2. The lowest BCUT2D eigenvalue weighted by molar-refractivity contribution is -0.127. The summed E-state index contributed by atoms with van der Waals surface area (Å²) in [4.78, 5) is 36.6. The van der Waals surface area contributed by atoms with E-state index in [9.17, 15) is 14.4 Å². The van der Waals surface area contributed by atoms with Crippen LogP contribution < -0.4 is 10.3 Å². The molecule has 0 saturated carbocycles. The highest BCUT2D eigenvalue weighted by molar-refractivity contribution is 6.28. The normalized spacial score (nSPS) is 16.6. The summed E-state index contributed by atoms with van der Waals surface area (Å²) in [6.07, 6.45) is 0. The second-order valence-electron chi connectivity index (χ2n) is 5.79. The minimum Gasteiger partial charge on any atom is -0.325 e. The van der Waals surface area contributed by atoms with Gasteiger partial charge >= 0.3 is 0 Å². The molecule has 2 aromatic rings. The summed E-state index contributed by atoms with van der Waals surface area (Å²) in [5.41, 5.74) is 2.00. The first-order valence-corrected chi connectivity index (χ1v) is 7.83. The topological polar surface area (TPSA) is 78.8 Å². The van der Waals surface area contributed by atoms with E-state index in [1.165, 1.54) is 11.9 Å². The minimum atomic E-state index is -0.985. The zero-order valence-corrected chi connectivity index (χ0v) is 13.9. The first-order valence-electron chi connectivity index (χ1n) is 7.83. The smallest absolute Gasteiger partial charge is 0.265 e. The van der Waals surface area contributed by atoms with Crippen LogP contribution in [0.2, 0.25) is 0 Å². The molecule has 6 nitrogen and oxygen atoms in total. The molecule has 2 aromatic carbocycles. The number of nitrogens with one attached hydrogen (secondary N) is 1. The number of carbonyl (C=O) groups excluding carboxylic acids is 3. The van der Waals surface area contributed by atoms with Crippen molar-refractivity contribution in [2.75, 3.05) is 10.3 Å². The standard InChI is InChI=1S/C19H17N3O3/c1-12-17(19(25)22(21-12)16-9-4-3-5-10-16)18(24)20-15-8-6-7-14(11-15)13(2)23/h3-11,17H,1-2H3,(H,20,24)/t17-/m0/s1. The zero-order valence-electron chi connectivity index (χ0n) is 13.9. The molecule has 0 bridgehead atoms. The molecule has 25 heavy (non-hydrogen) atoms. The molecule has 1 aliphatic heterocycles. The highest BCUT2D eigenvalue weighted by Crippen LogP contribution is 2.24. The maximum Gasteiger partial charge on any atom is 0.265 e. The maximum atomic E-state index is 12.6. The van der Waals surface area contributed by atoms with Gasteiger partial charge < -0.3 is 5.32 Å². The Bertz CT molecular complexity index is 874. The van der Waals surface area contributed by atoms with Crippen LogP contribution in [0, 0.1) is 5.92 Å². The van der Waals surface area contributed by atoms with Crippen molar-refractivity contribution in [2.24, 2.45) is 11.0 Å². The quantitative estimate of drug-likeness (QED) is 0.689. The summed E-state index contributed by atoms with van der Waals surface area (Å²) < 4.78 is 0. The Kier molecular flexibility index (Phi) is 4.43. The number of rotatable bonds is 4. The summed E-state index contributed by atoms with van der Waals surface area (Å²) >= 11 is 0. The Morgan fingerprint density at radius 3 is 2.48 bits per heavy atom. The number of hydrogen-bond donors (Lipinski definition) is 1. The SMILES string of the molecule is CC(=O)c1cccc(NC(=O)[C@H]2C(=O)N(c3ccccc3)N=C2C)c1. The number of carbonyl (C=O) groups is 3. The van der Waals surface area contributed by atoms with Crippen LogP contribution in [0.4, 0.5) is 11.4 Å². The largest absolute Gasteiger partial charge is 0.325 e. The molecule has 0 radical (unpaired) electrons. The van der Waals surface area contributed by atoms with E-state index >= 15 is 0 Å². The lowest BCUT2D eigenvalue weighted by atomic mass is 10.0. The fourth-order valence-electron chi connectivity index (χ4n) is 2.65. The molecule has 0 fully saturated rings. The van der Waals surface area contributed by atoms with E-state index in [1.807, 2.05) is 6.07 Å². The number of para-hydroxylation sites is 1. The molecule has 2 amide bonds. The summed E-state index contributed by atoms with van der Waals surface area (Å²) in [5, 5.41) is 8.15. The number of nitrogens with zero attached hydrogens (tertiary/aromatic N) is 2. The van der Waals surface area contributed by atoms with Crippen LogP contribution in [0.1, 0.15) is 24.2 Å². The zero-order chi connectivity index (χ0) is 18.0. The fraction of sp³-hybridized carbons (Fsp3) is 0.158. The molecule has 3 rings (SSSR count). The van der Waals surface area contributed by atoms with E-state index in [-0.39, 0.29) is 5.78 Å². The van der Waals surface area contributed by atoms with Gasteiger partial charge in [-0.15, -0.1) is 0 Å². The maximum absolute atomic E-state index is 12.6. The Morgan fingerprint density at radius 2 is 1.80 bits per heavy atom. The van der Waals surface area contributed by atoms with Gasteiger partial charge in [-0.3, -0.25) is 14.4 Å². The third-order valence-corrected chi connectivity index (χ3v) is 3.93. The van der Waals surface area contributed by atoms with Gasteiger partial charge in [0, 0.05) is 11.3 Å². The number of amides is 2. The predicted molar refractivity (Wildman–Crippen MR) is 95.6 cm³/mol. The van der Waals surface area contributed by atoms with Crippen molar-refractivity contribution in [2.45, 2.75) is 13.8 Å². The lowest BCUT2D eigenvalue weighted by Crippen LogP contribution is -2.36. The van der Waals surface area contributed by atoms with E-state index in [0.29, 0.717) is 22.6 Å². The molecular formula is C19H17N3O3. The molecule has 1 aliphatic rings. The van der Waals surface area contributed by atoms with Crippen LogP contribution in [0.3, 0.4) is 0 Å². The average molecular weight is 335 g/mol. The van der Waals surface area contributed by atoms with Gasteiger partial charge in [-0.2, -0.15) is 10.1 Å². The number of hydrazone groups is 1. The second kappa shape index (κ2) is 6.68. The van der Waals surface area contributed by atoms with E-state index in [0.717, 1.165) is 0 Å². The molecule has 0 spiro atoms. The number of benzene rings is 2. The minimum absolute atomic E-state index is 0.0963. The molecule has 6 heteroatoms. The van der Waals surface area contributed by atoms with Crippen molar-refractivity contribution >= 4 is 34.7 Å². The number of Topliss-reactive ketones (excluding diaryl/α,β-unsaturated/α-hetero) is 1. The van der Waals surface area contributed by atoms with Gasteiger partial charge in [0.05, 0.1) is 11.4 Å². The van der Waals surface area contributed by atoms with E-state index in [1.54, 1.807) is 55.5 Å². The third kappa shape index (κ3) is 3.33. The van der Waals surface area contributed by atoms with Crippen molar-refractivity contribution in [3.8, 4) is 0 Å². The molecule has 1 atom stereocenters. The molecule has 0 aliphatic carbocycles. The van der Waals surface area contributed by atoms with E-state index < -0.39 is 17.7 Å². The Morgan fingerprint density at radius 1 is 1.08 bits per heavy atom. The van der Waals surface area contributed by atoms with Crippen molar-refractivity contribution in [1.82, 2.24) is 0 Å². The molecule has 1 N–H and O–H groups in total. The van der Waals surface area contributed by atoms with Crippen LogP contribution in [0.25, 0.3) is 0 Å². The lowest BCUT2D eigenvalue weighted by Gasteiger charge is -2.14. The van der Waals surface area contributed by atoms with Gasteiger partial charge in [-0.25, -0.2) is 0 Å². The van der Waals surface area contributed by atoms with Crippen LogP contribution in [-0.4, -0.2) is 23.3 Å².